The normalized spacial score (nSPS) is 10.0. The number of rotatable bonds is 5. The van der Waals surface area contributed by atoms with Crippen LogP contribution in [-0.4, -0.2) is 24.2 Å². The molecular weight excluding hydrogens is 258 g/mol. The molecule has 0 spiro atoms. The minimum Gasteiger partial charge on any atom is -0.497 e. The lowest BCUT2D eigenvalue weighted by Gasteiger charge is -2.13. The van der Waals surface area contributed by atoms with Crippen molar-refractivity contribution in [3.05, 3.63) is 30.0 Å². The zero-order valence-electron chi connectivity index (χ0n) is 11.6. The molecule has 0 saturated heterocycles. The number of hydrogen-bond acceptors (Lipinski definition) is 7. The Bertz CT molecular complexity index is 603. The summed E-state index contributed by atoms with van der Waals surface area (Å²) >= 11 is 0. The quantitative estimate of drug-likeness (QED) is 0.566. The summed E-state index contributed by atoms with van der Waals surface area (Å²) in [4.78, 5) is 8.35. The van der Waals surface area contributed by atoms with Crippen molar-refractivity contribution in [2.45, 2.75) is 6.92 Å². The van der Waals surface area contributed by atoms with Crippen LogP contribution in [0.25, 0.3) is 0 Å². The van der Waals surface area contributed by atoms with Crippen molar-refractivity contribution >= 4 is 17.5 Å². The average molecular weight is 275 g/mol. The zero-order chi connectivity index (χ0) is 14.5. The van der Waals surface area contributed by atoms with Gasteiger partial charge in [0.05, 0.1) is 19.9 Å². The van der Waals surface area contributed by atoms with Crippen LogP contribution in [0.3, 0.4) is 0 Å². The van der Waals surface area contributed by atoms with Gasteiger partial charge in [0.1, 0.15) is 17.3 Å². The Hall–Kier alpha value is -2.54. The van der Waals surface area contributed by atoms with Gasteiger partial charge in [-0.2, -0.15) is 4.98 Å². The molecule has 4 N–H and O–H groups in total. The van der Waals surface area contributed by atoms with Gasteiger partial charge in [0.25, 0.3) is 0 Å². The monoisotopic (exact) mass is 275 g/mol. The Balaban J connectivity index is 2.35. The Morgan fingerprint density at radius 3 is 2.55 bits per heavy atom. The van der Waals surface area contributed by atoms with Gasteiger partial charge in [-0.05, 0) is 19.1 Å². The van der Waals surface area contributed by atoms with Gasteiger partial charge in [-0.1, -0.05) is 0 Å². The fraction of sp³-hybridized carbons (Fsp3) is 0.231. The molecule has 2 rings (SSSR count). The van der Waals surface area contributed by atoms with Crippen molar-refractivity contribution in [2.24, 2.45) is 5.84 Å². The van der Waals surface area contributed by atoms with Crippen LogP contribution in [0.1, 0.15) is 5.69 Å². The second-order valence-corrected chi connectivity index (χ2v) is 4.05. The number of methoxy groups -OCH3 is 2. The first-order valence-electron chi connectivity index (χ1n) is 5.97. The van der Waals surface area contributed by atoms with Gasteiger partial charge in [0, 0.05) is 17.8 Å². The maximum Gasteiger partial charge on any atom is 0.239 e. The van der Waals surface area contributed by atoms with Gasteiger partial charge in [0.2, 0.25) is 5.95 Å². The highest BCUT2D eigenvalue weighted by molar-refractivity contribution is 5.66. The summed E-state index contributed by atoms with van der Waals surface area (Å²) in [6.07, 6.45) is 0. The fourth-order valence-electron chi connectivity index (χ4n) is 1.75. The summed E-state index contributed by atoms with van der Waals surface area (Å²) in [5, 5.41) is 3.16. The Morgan fingerprint density at radius 2 is 1.90 bits per heavy atom. The minimum atomic E-state index is 0.342. The molecule has 7 nitrogen and oxygen atoms in total. The van der Waals surface area contributed by atoms with Crippen LogP contribution >= 0.6 is 0 Å². The number of nitrogens with two attached hydrogens (primary N) is 1. The first kappa shape index (κ1) is 13.9. The molecule has 7 heteroatoms. The Kier molecular flexibility index (Phi) is 4.21. The molecule has 106 valence electrons. The number of nitrogens with zero attached hydrogens (tertiary/aromatic N) is 2. The smallest absolute Gasteiger partial charge is 0.239 e. The largest absolute Gasteiger partial charge is 0.497 e. The molecule has 0 aliphatic rings. The summed E-state index contributed by atoms with van der Waals surface area (Å²) in [6.45, 7) is 1.86. The number of hydrogen-bond donors (Lipinski definition) is 3. The minimum absolute atomic E-state index is 0.342. The van der Waals surface area contributed by atoms with Gasteiger partial charge >= 0.3 is 0 Å². The SMILES string of the molecule is COc1ccc(OC)c(Nc2cc(C)nc(NN)n2)c1. The van der Waals surface area contributed by atoms with E-state index in [0.29, 0.717) is 17.5 Å². The Morgan fingerprint density at radius 1 is 1.10 bits per heavy atom. The second-order valence-electron chi connectivity index (χ2n) is 4.05. The van der Waals surface area contributed by atoms with Crippen molar-refractivity contribution in [3.63, 3.8) is 0 Å². The van der Waals surface area contributed by atoms with Crippen LogP contribution in [0.2, 0.25) is 0 Å². The van der Waals surface area contributed by atoms with Crippen molar-refractivity contribution in [2.75, 3.05) is 25.0 Å². The van der Waals surface area contributed by atoms with Gasteiger partial charge in [-0.25, -0.2) is 10.8 Å². The number of ether oxygens (including phenoxy) is 2. The highest BCUT2D eigenvalue weighted by Crippen LogP contribution is 2.31. The van der Waals surface area contributed by atoms with Crippen molar-refractivity contribution in [1.82, 2.24) is 9.97 Å². The van der Waals surface area contributed by atoms with E-state index < -0.39 is 0 Å². The average Bonchev–Trinajstić information content (AvgIpc) is 2.46. The van der Waals surface area contributed by atoms with Crippen LogP contribution in [0.15, 0.2) is 24.3 Å². The van der Waals surface area contributed by atoms with E-state index in [-0.39, 0.29) is 0 Å². The van der Waals surface area contributed by atoms with Crippen LogP contribution in [-0.2, 0) is 0 Å². The Labute approximate surface area is 117 Å². The molecule has 0 unspecified atom stereocenters. The van der Waals surface area contributed by atoms with Crippen molar-refractivity contribution < 1.29 is 9.47 Å². The number of nitrogens with one attached hydrogen (secondary N) is 2. The number of aryl methyl sites for hydroxylation is 1. The first-order chi connectivity index (χ1) is 9.66. The van der Waals surface area contributed by atoms with Gasteiger partial charge in [-0.3, -0.25) is 5.43 Å². The number of anilines is 3. The van der Waals surface area contributed by atoms with E-state index in [1.807, 2.05) is 25.1 Å². The lowest BCUT2D eigenvalue weighted by atomic mass is 10.2. The van der Waals surface area contributed by atoms with Crippen LogP contribution < -0.4 is 26.1 Å². The molecule has 0 radical (unpaired) electrons. The predicted molar refractivity (Wildman–Crippen MR) is 77.4 cm³/mol. The third kappa shape index (κ3) is 3.07. The molecule has 0 aliphatic carbocycles. The molecule has 0 fully saturated rings. The number of hydrazine groups is 1. The summed E-state index contributed by atoms with van der Waals surface area (Å²) in [5.74, 6) is 7.69. The highest BCUT2D eigenvalue weighted by Gasteiger charge is 2.07. The summed E-state index contributed by atoms with van der Waals surface area (Å²) < 4.78 is 10.5. The van der Waals surface area contributed by atoms with Gasteiger partial charge in [0.15, 0.2) is 0 Å². The van der Waals surface area contributed by atoms with Crippen molar-refractivity contribution in [3.8, 4) is 11.5 Å². The number of aromatic nitrogens is 2. The zero-order valence-corrected chi connectivity index (χ0v) is 11.6. The highest BCUT2D eigenvalue weighted by atomic mass is 16.5. The predicted octanol–water partition coefficient (Wildman–Crippen LogP) is 1.83. The molecule has 20 heavy (non-hydrogen) atoms. The number of nitrogen functional groups attached to an aromatic ring is 1. The molecule has 2 aromatic rings. The number of benzene rings is 1. The van der Waals surface area contributed by atoms with Crippen LogP contribution in [0.5, 0.6) is 11.5 Å². The molecule has 0 atom stereocenters. The van der Waals surface area contributed by atoms with E-state index in [2.05, 4.69) is 20.7 Å². The maximum absolute atomic E-state index is 5.34. The third-order valence-corrected chi connectivity index (χ3v) is 2.65. The van der Waals surface area contributed by atoms with E-state index in [1.165, 1.54) is 0 Å². The van der Waals surface area contributed by atoms with E-state index in [0.717, 1.165) is 17.1 Å². The molecule has 1 aromatic carbocycles. The van der Waals surface area contributed by atoms with E-state index in [1.54, 1.807) is 20.3 Å². The maximum atomic E-state index is 5.34. The van der Waals surface area contributed by atoms with Crippen molar-refractivity contribution in [1.29, 1.82) is 0 Å². The summed E-state index contributed by atoms with van der Waals surface area (Å²) in [7, 11) is 3.21. The molecule has 1 aromatic heterocycles. The molecule has 0 saturated carbocycles. The summed E-state index contributed by atoms with van der Waals surface area (Å²) in [5.41, 5.74) is 3.96. The molecule has 0 amide bonds. The molecular formula is C13H17N5O2. The summed E-state index contributed by atoms with van der Waals surface area (Å²) in [6, 6.07) is 7.27. The lowest BCUT2D eigenvalue weighted by molar-refractivity contribution is 0.405. The first-order valence-corrected chi connectivity index (χ1v) is 5.97. The lowest BCUT2D eigenvalue weighted by Crippen LogP contribution is -2.12. The standard InChI is InChI=1S/C13H17N5O2/c1-8-6-12(17-13(15-8)18-14)16-10-7-9(19-2)4-5-11(10)20-3/h4-7H,14H2,1-3H3,(H2,15,16,17,18). The third-order valence-electron chi connectivity index (χ3n) is 2.65. The van der Waals surface area contributed by atoms with E-state index >= 15 is 0 Å². The van der Waals surface area contributed by atoms with Gasteiger partial charge < -0.3 is 14.8 Å². The van der Waals surface area contributed by atoms with Crippen LogP contribution in [0.4, 0.5) is 17.5 Å². The van der Waals surface area contributed by atoms with E-state index in [4.69, 9.17) is 15.3 Å². The van der Waals surface area contributed by atoms with Gasteiger partial charge in [-0.15, -0.1) is 0 Å². The second kappa shape index (κ2) is 6.07. The molecule has 1 heterocycles. The topological polar surface area (TPSA) is 94.3 Å². The van der Waals surface area contributed by atoms with E-state index in [9.17, 15) is 0 Å². The fourth-order valence-corrected chi connectivity index (χ4v) is 1.75. The molecule has 0 bridgehead atoms. The molecule has 0 aliphatic heterocycles. The van der Waals surface area contributed by atoms with Crippen LogP contribution in [0, 0.1) is 6.92 Å².